The minimum absolute atomic E-state index is 0. The van der Waals surface area contributed by atoms with E-state index in [4.69, 9.17) is 0 Å². The van der Waals surface area contributed by atoms with Gasteiger partial charge in [-0.2, -0.15) is 0 Å². The first kappa shape index (κ1) is 11.9. The highest BCUT2D eigenvalue weighted by atomic mass is 15.5. The SMILES string of the molecule is C.C.C[N+]12CC[N+](C)(CC1)CC2. The van der Waals surface area contributed by atoms with E-state index in [1.165, 1.54) is 48.2 Å². The van der Waals surface area contributed by atoms with Crippen LogP contribution in [0.25, 0.3) is 0 Å². The Balaban J connectivity index is 0.000000605. The van der Waals surface area contributed by atoms with Crippen molar-refractivity contribution >= 4 is 0 Å². The van der Waals surface area contributed by atoms with Gasteiger partial charge < -0.3 is 8.97 Å². The largest absolute Gasteiger partial charge is 0.312 e. The van der Waals surface area contributed by atoms with Crippen LogP contribution in [0.5, 0.6) is 0 Å². The first-order valence-corrected chi connectivity index (χ1v) is 4.29. The van der Waals surface area contributed by atoms with E-state index < -0.39 is 0 Å². The fourth-order valence-corrected chi connectivity index (χ4v) is 2.12. The van der Waals surface area contributed by atoms with Gasteiger partial charge in [0, 0.05) is 0 Å². The summed E-state index contributed by atoms with van der Waals surface area (Å²) in [6.07, 6.45) is 0. The molecule has 2 bridgehead atoms. The highest BCUT2D eigenvalue weighted by Crippen LogP contribution is 2.21. The van der Waals surface area contributed by atoms with Crippen molar-refractivity contribution in [3.05, 3.63) is 0 Å². The Bertz CT molecular complexity index is 111. The molecule has 3 fully saturated rings. The summed E-state index contributed by atoms with van der Waals surface area (Å²) in [6.45, 7) is 8.48. The average Bonchev–Trinajstić information content (AvgIpc) is 1.93. The lowest BCUT2D eigenvalue weighted by molar-refractivity contribution is -1.06. The molecule has 0 saturated carbocycles. The number of hydrogen-bond acceptors (Lipinski definition) is 0. The summed E-state index contributed by atoms with van der Waals surface area (Å²) in [6, 6.07) is 0. The van der Waals surface area contributed by atoms with Gasteiger partial charge in [-0.3, -0.25) is 0 Å². The predicted octanol–water partition coefficient (Wildman–Crippen LogP) is 1.18. The first-order valence-electron chi connectivity index (χ1n) is 4.29. The van der Waals surface area contributed by atoms with E-state index in [1.807, 2.05) is 0 Å². The van der Waals surface area contributed by atoms with Gasteiger partial charge in [0.1, 0.15) is 39.3 Å². The van der Waals surface area contributed by atoms with Gasteiger partial charge in [-0.05, 0) is 0 Å². The predicted molar refractivity (Wildman–Crippen MR) is 55.0 cm³/mol. The van der Waals surface area contributed by atoms with Gasteiger partial charge in [-0.15, -0.1) is 0 Å². The topological polar surface area (TPSA) is 0 Å². The van der Waals surface area contributed by atoms with Crippen LogP contribution in [0.3, 0.4) is 0 Å². The molecule has 2 heteroatoms. The third kappa shape index (κ3) is 1.80. The van der Waals surface area contributed by atoms with Gasteiger partial charge in [-0.25, -0.2) is 0 Å². The smallest absolute Gasteiger partial charge is 0.129 e. The van der Waals surface area contributed by atoms with Crippen LogP contribution in [0, 0.1) is 0 Å². The van der Waals surface area contributed by atoms with Gasteiger partial charge in [0.2, 0.25) is 0 Å². The van der Waals surface area contributed by atoms with Crippen LogP contribution in [0.2, 0.25) is 0 Å². The second kappa shape index (κ2) is 3.35. The molecule has 0 aromatic rings. The summed E-state index contributed by atoms with van der Waals surface area (Å²) in [7, 11) is 4.81. The van der Waals surface area contributed by atoms with Gasteiger partial charge in [0.25, 0.3) is 0 Å². The van der Waals surface area contributed by atoms with Crippen LogP contribution in [0.4, 0.5) is 0 Å². The second-order valence-electron chi connectivity index (χ2n) is 4.58. The summed E-state index contributed by atoms with van der Waals surface area (Å²) in [5.41, 5.74) is 0. The van der Waals surface area contributed by atoms with E-state index in [2.05, 4.69) is 14.1 Å². The number of quaternary nitrogens is 2. The minimum Gasteiger partial charge on any atom is -0.312 e. The van der Waals surface area contributed by atoms with E-state index >= 15 is 0 Å². The Morgan fingerprint density at radius 2 is 0.750 bits per heavy atom. The lowest BCUT2D eigenvalue weighted by atomic mass is 10.1. The molecule has 0 N–H and O–H groups in total. The molecule has 3 aliphatic heterocycles. The van der Waals surface area contributed by atoms with E-state index in [-0.39, 0.29) is 14.9 Å². The van der Waals surface area contributed by atoms with Crippen molar-refractivity contribution in [2.45, 2.75) is 14.9 Å². The van der Waals surface area contributed by atoms with Crippen LogP contribution >= 0.6 is 0 Å². The minimum atomic E-state index is 0. The molecule has 0 aromatic carbocycles. The summed E-state index contributed by atoms with van der Waals surface area (Å²) in [5, 5.41) is 0. The Labute approximate surface area is 78.0 Å². The average molecular weight is 174 g/mol. The van der Waals surface area contributed by atoms with Crippen LogP contribution in [0.1, 0.15) is 14.9 Å². The third-order valence-electron chi connectivity index (χ3n) is 3.54. The van der Waals surface area contributed by atoms with Crippen LogP contribution in [-0.4, -0.2) is 62.3 Å². The Kier molecular flexibility index (Phi) is 3.32. The molecule has 0 unspecified atom stereocenters. The zero-order valence-electron chi connectivity index (χ0n) is 7.14. The lowest BCUT2D eigenvalue weighted by Crippen LogP contribution is -2.72. The Morgan fingerprint density at radius 1 is 0.583 bits per heavy atom. The molecule has 0 aliphatic carbocycles. The molecular weight excluding hydrogens is 148 g/mol. The number of piperazine rings is 3. The van der Waals surface area contributed by atoms with Crippen molar-refractivity contribution in [3.8, 4) is 0 Å². The van der Waals surface area contributed by atoms with E-state index in [9.17, 15) is 0 Å². The summed E-state index contributed by atoms with van der Waals surface area (Å²) in [4.78, 5) is 0. The molecule has 0 radical (unpaired) electrons. The fourth-order valence-electron chi connectivity index (χ4n) is 2.12. The molecule has 0 atom stereocenters. The number of likely N-dealkylation sites (N-methyl/N-ethyl adjacent to an activating group) is 2. The van der Waals surface area contributed by atoms with Gasteiger partial charge >= 0.3 is 0 Å². The lowest BCUT2D eigenvalue weighted by Gasteiger charge is -2.52. The van der Waals surface area contributed by atoms with E-state index in [1.54, 1.807) is 0 Å². The maximum atomic E-state index is 2.41. The zero-order chi connectivity index (χ0) is 7.24. The maximum absolute atomic E-state index is 2.41. The molecule has 0 spiro atoms. The first-order chi connectivity index (χ1) is 4.62. The standard InChI is InChI=1S/C8H18N2.2CH4/c1-9-3-6-10(2,7-4-9)8-5-9;;/h3-8H2,1-2H3;2*1H4/q+2;;. The zero-order valence-corrected chi connectivity index (χ0v) is 7.14. The van der Waals surface area contributed by atoms with Crippen molar-refractivity contribution in [1.82, 2.24) is 0 Å². The molecule has 74 valence electrons. The highest BCUT2D eigenvalue weighted by molar-refractivity contribution is 4.56. The summed E-state index contributed by atoms with van der Waals surface area (Å²) < 4.78 is 2.71. The van der Waals surface area contributed by atoms with Crippen molar-refractivity contribution in [1.29, 1.82) is 0 Å². The van der Waals surface area contributed by atoms with Crippen molar-refractivity contribution < 1.29 is 8.97 Å². The molecule has 3 aliphatic rings. The molecule has 3 saturated heterocycles. The van der Waals surface area contributed by atoms with E-state index in [0.717, 1.165) is 0 Å². The number of fused-ring (bicyclic) bond motifs is 3. The normalized spacial score (nSPS) is 44.5. The molecular formula is C10H26N2+2. The maximum Gasteiger partial charge on any atom is 0.129 e. The van der Waals surface area contributed by atoms with Crippen LogP contribution in [0.15, 0.2) is 0 Å². The molecule has 3 heterocycles. The van der Waals surface area contributed by atoms with Gasteiger partial charge in [0.15, 0.2) is 0 Å². The number of nitrogens with zero attached hydrogens (tertiary/aromatic N) is 2. The molecule has 0 amide bonds. The van der Waals surface area contributed by atoms with Crippen molar-refractivity contribution in [3.63, 3.8) is 0 Å². The third-order valence-corrected chi connectivity index (χ3v) is 3.54. The van der Waals surface area contributed by atoms with Gasteiger partial charge in [-0.1, -0.05) is 14.9 Å². The summed E-state index contributed by atoms with van der Waals surface area (Å²) >= 11 is 0. The fraction of sp³-hybridized carbons (Fsp3) is 1.00. The quantitative estimate of drug-likeness (QED) is 0.484. The van der Waals surface area contributed by atoms with Crippen molar-refractivity contribution in [2.75, 3.05) is 53.4 Å². The Morgan fingerprint density at radius 3 is 0.917 bits per heavy atom. The number of rotatable bonds is 0. The molecule has 3 rings (SSSR count). The second-order valence-corrected chi connectivity index (χ2v) is 4.58. The van der Waals surface area contributed by atoms with Crippen LogP contribution < -0.4 is 0 Å². The Hall–Kier alpha value is -0.0800. The highest BCUT2D eigenvalue weighted by Gasteiger charge is 2.43. The van der Waals surface area contributed by atoms with Crippen LogP contribution in [-0.2, 0) is 0 Å². The van der Waals surface area contributed by atoms with Crippen molar-refractivity contribution in [2.24, 2.45) is 0 Å². The monoisotopic (exact) mass is 174 g/mol. The number of hydrogen-bond donors (Lipinski definition) is 0. The van der Waals surface area contributed by atoms with E-state index in [0.29, 0.717) is 0 Å². The molecule has 12 heavy (non-hydrogen) atoms. The summed E-state index contributed by atoms with van der Waals surface area (Å²) in [5.74, 6) is 0. The molecule has 2 nitrogen and oxygen atoms in total. The van der Waals surface area contributed by atoms with Gasteiger partial charge in [0.05, 0.1) is 14.1 Å². The molecule has 0 aromatic heterocycles.